The molecule has 0 fully saturated rings. The van der Waals surface area contributed by atoms with E-state index in [9.17, 15) is 9.18 Å². The summed E-state index contributed by atoms with van der Waals surface area (Å²) in [5.41, 5.74) is 3.55. The molecule has 118 valence electrons. The van der Waals surface area contributed by atoms with Crippen LogP contribution in [-0.4, -0.2) is 14.0 Å². The standard InChI is InChI=1S/C19H14FN3O/c1-13-2-4-14(5-3-13)17-12-22-10-11-23(19(24)18(22)21-17)16-8-6-15(20)7-9-16/h2-12H,1H3. The average Bonchev–Trinajstić information content (AvgIpc) is 3.02. The van der Waals surface area contributed by atoms with Crippen LogP contribution in [0.15, 0.2) is 71.9 Å². The van der Waals surface area contributed by atoms with E-state index >= 15 is 0 Å². The summed E-state index contributed by atoms with van der Waals surface area (Å²) in [5, 5.41) is 0. The molecule has 0 spiro atoms. The Morgan fingerprint density at radius 3 is 2.38 bits per heavy atom. The molecule has 5 heteroatoms. The summed E-state index contributed by atoms with van der Waals surface area (Å²) in [6.07, 6.45) is 5.25. The Hall–Kier alpha value is -3.21. The van der Waals surface area contributed by atoms with Crippen molar-refractivity contribution in [3.8, 4) is 16.9 Å². The minimum atomic E-state index is -0.338. The number of nitrogens with zero attached hydrogens (tertiary/aromatic N) is 3. The zero-order valence-corrected chi connectivity index (χ0v) is 13.0. The zero-order valence-electron chi connectivity index (χ0n) is 13.0. The Labute approximate surface area is 137 Å². The Kier molecular flexibility index (Phi) is 3.27. The molecular weight excluding hydrogens is 305 g/mol. The number of benzene rings is 2. The monoisotopic (exact) mass is 319 g/mol. The second-order valence-electron chi connectivity index (χ2n) is 5.67. The van der Waals surface area contributed by atoms with Crippen LogP contribution in [0, 0.1) is 12.7 Å². The molecule has 4 aromatic rings. The highest BCUT2D eigenvalue weighted by molar-refractivity contribution is 5.62. The Balaban J connectivity index is 1.86. The number of hydrogen-bond donors (Lipinski definition) is 0. The fraction of sp³-hybridized carbons (Fsp3) is 0.0526. The number of aryl methyl sites for hydroxylation is 1. The highest BCUT2D eigenvalue weighted by Crippen LogP contribution is 2.19. The van der Waals surface area contributed by atoms with Crippen LogP contribution in [-0.2, 0) is 0 Å². The molecule has 0 aliphatic rings. The van der Waals surface area contributed by atoms with Crippen molar-refractivity contribution in [2.24, 2.45) is 0 Å². The van der Waals surface area contributed by atoms with Gasteiger partial charge in [0.05, 0.1) is 5.69 Å². The zero-order chi connectivity index (χ0) is 16.7. The van der Waals surface area contributed by atoms with Gasteiger partial charge < -0.3 is 4.40 Å². The Bertz CT molecular complexity index is 1080. The van der Waals surface area contributed by atoms with Gasteiger partial charge in [0.2, 0.25) is 5.65 Å². The van der Waals surface area contributed by atoms with E-state index in [4.69, 9.17) is 0 Å². The lowest BCUT2D eigenvalue weighted by Gasteiger charge is -2.05. The third kappa shape index (κ3) is 2.40. The second kappa shape index (κ2) is 5.45. The van der Waals surface area contributed by atoms with Gasteiger partial charge in [-0.3, -0.25) is 9.36 Å². The molecule has 2 aromatic carbocycles. The van der Waals surface area contributed by atoms with Crippen LogP contribution in [0.25, 0.3) is 22.6 Å². The van der Waals surface area contributed by atoms with E-state index in [2.05, 4.69) is 4.98 Å². The topological polar surface area (TPSA) is 39.3 Å². The van der Waals surface area contributed by atoms with Gasteiger partial charge >= 0.3 is 0 Å². The molecule has 2 aromatic heterocycles. The van der Waals surface area contributed by atoms with Crippen LogP contribution < -0.4 is 5.56 Å². The number of imidazole rings is 1. The van der Waals surface area contributed by atoms with Gasteiger partial charge in [-0.25, -0.2) is 9.37 Å². The van der Waals surface area contributed by atoms with Crippen LogP contribution >= 0.6 is 0 Å². The molecule has 0 unspecified atom stereocenters. The van der Waals surface area contributed by atoms with E-state index < -0.39 is 0 Å². The molecule has 0 aliphatic heterocycles. The summed E-state index contributed by atoms with van der Waals surface area (Å²) in [5.74, 6) is -0.338. The Morgan fingerprint density at radius 2 is 1.67 bits per heavy atom. The minimum absolute atomic E-state index is 0.248. The second-order valence-corrected chi connectivity index (χ2v) is 5.67. The van der Waals surface area contributed by atoms with Gasteiger partial charge in [-0.1, -0.05) is 29.8 Å². The first kappa shape index (κ1) is 14.4. The molecule has 0 aliphatic carbocycles. The summed E-state index contributed by atoms with van der Waals surface area (Å²) in [6, 6.07) is 13.8. The van der Waals surface area contributed by atoms with Crippen LogP contribution in [0.2, 0.25) is 0 Å². The van der Waals surface area contributed by atoms with Gasteiger partial charge in [-0.15, -0.1) is 0 Å². The quantitative estimate of drug-likeness (QED) is 0.566. The lowest BCUT2D eigenvalue weighted by atomic mass is 10.1. The summed E-state index contributed by atoms with van der Waals surface area (Å²) in [4.78, 5) is 17.2. The van der Waals surface area contributed by atoms with Crippen LogP contribution in [0.1, 0.15) is 5.56 Å². The van der Waals surface area contributed by atoms with Crippen molar-refractivity contribution in [1.29, 1.82) is 0 Å². The van der Waals surface area contributed by atoms with E-state index in [1.165, 1.54) is 22.3 Å². The van der Waals surface area contributed by atoms with E-state index in [0.717, 1.165) is 11.3 Å². The molecule has 0 saturated carbocycles. The van der Waals surface area contributed by atoms with Crippen molar-refractivity contribution in [1.82, 2.24) is 14.0 Å². The summed E-state index contributed by atoms with van der Waals surface area (Å²) in [6.45, 7) is 2.02. The van der Waals surface area contributed by atoms with Gasteiger partial charge in [0.15, 0.2) is 0 Å². The maximum Gasteiger partial charge on any atom is 0.298 e. The highest BCUT2D eigenvalue weighted by Gasteiger charge is 2.10. The van der Waals surface area contributed by atoms with E-state index in [1.807, 2.05) is 37.4 Å². The molecule has 24 heavy (non-hydrogen) atoms. The third-order valence-electron chi connectivity index (χ3n) is 3.97. The molecule has 4 nitrogen and oxygen atoms in total. The van der Waals surface area contributed by atoms with Crippen molar-refractivity contribution >= 4 is 5.65 Å². The molecule has 0 amide bonds. The SMILES string of the molecule is Cc1ccc(-c2cn3ccn(-c4ccc(F)cc4)c(=O)c3n2)cc1. The minimum Gasteiger partial charge on any atom is -0.300 e. The first-order chi connectivity index (χ1) is 11.6. The lowest BCUT2D eigenvalue weighted by Crippen LogP contribution is -2.19. The smallest absolute Gasteiger partial charge is 0.298 e. The van der Waals surface area contributed by atoms with Crippen molar-refractivity contribution in [3.63, 3.8) is 0 Å². The fourth-order valence-corrected chi connectivity index (χ4v) is 2.65. The van der Waals surface area contributed by atoms with E-state index in [1.54, 1.807) is 28.9 Å². The van der Waals surface area contributed by atoms with Crippen LogP contribution in [0.3, 0.4) is 0 Å². The molecular formula is C19H14FN3O. The van der Waals surface area contributed by atoms with Gasteiger partial charge in [-0.05, 0) is 31.2 Å². The molecule has 2 heterocycles. The molecule has 4 rings (SSSR count). The number of fused-ring (bicyclic) bond motifs is 1. The molecule has 0 bridgehead atoms. The third-order valence-corrected chi connectivity index (χ3v) is 3.97. The molecule has 0 N–H and O–H groups in total. The first-order valence-corrected chi connectivity index (χ1v) is 7.55. The van der Waals surface area contributed by atoms with E-state index in [0.29, 0.717) is 11.3 Å². The van der Waals surface area contributed by atoms with Gasteiger partial charge in [-0.2, -0.15) is 0 Å². The Morgan fingerprint density at radius 1 is 0.958 bits per heavy atom. The van der Waals surface area contributed by atoms with Crippen molar-refractivity contribution in [2.75, 3.05) is 0 Å². The van der Waals surface area contributed by atoms with Crippen LogP contribution in [0.5, 0.6) is 0 Å². The lowest BCUT2D eigenvalue weighted by molar-refractivity contribution is 0.627. The molecule has 0 saturated heterocycles. The molecule has 0 atom stereocenters. The highest BCUT2D eigenvalue weighted by atomic mass is 19.1. The van der Waals surface area contributed by atoms with Crippen molar-refractivity contribution in [2.45, 2.75) is 6.92 Å². The van der Waals surface area contributed by atoms with Gasteiger partial charge in [0.1, 0.15) is 5.82 Å². The summed E-state index contributed by atoms with van der Waals surface area (Å²) >= 11 is 0. The predicted molar refractivity (Wildman–Crippen MR) is 90.9 cm³/mol. The molecule has 0 radical (unpaired) electrons. The number of halogens is 1. The normalized spacial score (nSPS) is 11.1. The summed E-state index contributed by atoms with van der Waals surface area (Å²) < 4.78 is 16.2. The fourth-order valence-electron chi connectivity index (χ4n) is 2.65. The summed E-state index contributed by atoms with van der Waals surface area (Å²) in [7, 11) is 0. The maximum absolute atomic E-state index is 13.1. The number of aromatic nitrogens is 3. The maximum atomic E-state index is 13.1. The number of rotatable bonds is 2. The van der Waals surface area contributed by atoms with E-state index in [-0.39, 0.29) is 11.4 Å². The van der Waals surface area contributed by atoms with Crippen molar-refractivity contribution in [3.05, 3.63) is 88.9 Å². The average molecular weight is 319 g/mol. The predicted octanol–water partition coefficient (Wildman–Crippen LogP) is 3.60. The van der Waals surface area contributed by atoms with Gasteiger partial charge in [0, 0.05) is 29.8 Å². The van der Waals surface area contributed by atoms with Gasteiger partial charge in [0.25, 0.3) is 5.56 Å². The first-order valence-electron chi connectivity index (χ1n) is 7.55. The largest absolute Gasteiger partial charge is 0.300 e. The number of hydrogen-bond acceptors (Lipinski definition) is 2. The van der Waals surface area contributed by atoms with Crippen LogP contribution in [0.4, 0.5) is 4.39 Å². The van der Waals surface area contributed by atoms with Crippen molar-refractivity contribution < 1.29 is 4.39 Å².